The molecule has 11 aromatic carbocycles. The predicted octanol–water partition coefficient (Wildman–Crippen LogP) is 18.0. The number of furan rings is 1. The fourth-order valence-electron chi connectivity index (χ4n) is 10.3. The average Bonchev–Trinajstić information content (AvgIpc) is 3.96. The van der Waals surface area contributed by atoms with Crippen LogP contribution in [0.4, 0.5) is 17.1 Å². The third kappa shape index (κ3) is 6.51. The Hall–Kier alpha value is -8.92. The summed E-state index contributed by atoms with van der Waals surface area (Å²) in [4.78, 5) is 2.43. The zero-order chi connectivity index (χ0) is 44.3. The summed E-state index contributed by atoms with van der Waals surface area (Å²) in [5.74, 6) is 0. The maximum absolute atomic E-state index is 6.98. The molecule has 0 aliphatic heterocycles. The number of hydrogen-bond acceptors (Lipinski definition) is 2. The van der Waals surface area contributed by atoms with Gasteiger partial charge in [0.05, 0.1) is 22.4 Å². The van der Waals surface area contributed by atoms with Crippen LogP contribution in [0.15, 0.2) is 259 Å². The fourth-order valence-corrected chi connectivity index (χ4v) is 10.3. The highest BCUT2D eigenvalue weighted by molar-refractivity contribution is 6.18. The standard InChI is InChI=1S/C64H42N2O/c1-3-17-43(18-4-1)48-36-40-62(58(42-48)45-19-5-2-6-20-45)65(61-32-14-11-27-54(61)55-28-16-29-56-57-39-35-46-21-7-8-24-51(46)63(57)67-64(55)56)49-37-33-44(34-38-49)47-22-15-23-50(41-47)66-59-30-12-9-25-52(59)53-26-10-13-31-60(53)66/h1-42H. The summed E-state index contributed by atoms with van der Waals surface area (Å²) in [6.45, 7) is 0. The second kappa shape index (κ2) is 16.0. The average molecular weight is 855 g/mol. The first kappa shape index (κ1) is 38.5. The van der Waals surface area contributed by atoms with Crippen molar-refractivity contribution in [2.24, 2.45) is 0 Å². The van der Waals surface area contributed by atoms with Gasteiger partial charge < -0.3 is 13.9 Å². The van der Waals surface area contributed by atoms with Crippen molar-refractivity contribution in [2.75, 3.05) is 4.90 Å². The molecule has 0 N–H and O–H groups in total. The Morgan fingerprint density at radius 3 is 1.61 bits per heavy atom. The molecule has 0 atom stereocenters. The van der Waals surface area contributed by atoms with Gasteiger partial charge in [0.15, 0.2) is 0 Å². The second-order valence-corrected chi connectivity index (χ2v) is 17.2. The molecule has 0 bridgehead atoms. The summed E-state index contributed by atoms with van der Waals surface area (Å²) < 4.78 is 9.37. The summed E-state index contributed by atoms with van der Waals surface area (Å²) in [7, 11) is 0. The molecule has 13 rings (SSSR count). The Kier molecular flexibility index (Phi) is 9.17. The molecule has 0 saturated carbocycles. The first-order chi connectivity index (χ1) is 33.2. The molecule has 0 saturated heterocycles. The maximum Gasteiger partial charge on any atom is 0.143 e. The van der Waals surface area contributed by atoms with Crippen molar-refractivity contribution in [1.82, 2.24) is 4.57 Å². The van der Waals surface area contributed by atoms with Crippen LogP contribution in [0.1, 0.15) is 0 Å². The van der Waals surface area contributed by atoms with Gasteiger partial charge in [-0.1, -0.05) is 194 Å². The van der Waals surface area contributed by atoms with E-state index in [0.29, 0.717) is 0 Å². The fraction of sp³-hybridized carbons (Fsp3) is 0. The normalized spacial score (nSPS) is 11.6. The van der Waals surface area contributed by atoms with E-state index >= 15 is 0 Å². The lowest BCUT2D eigenvalue weighted by Crippen LogP contribution is -2.12. The van der Waals surface area contributed by atoms with Crippen LogP contribution in [0.2, 0.25) is 0 Å². The third-order valence-electron chi connectivity index (χ3n) is 13.4. The Balaban J connectivity index is 0.999. The van der Waals surface area contributed by atoms with Crippen LogP contribution < -0.4 is 4.90 Å². The number of anilines is 3. The van der Waals surface area contributed by atoms with Crippen LogP contribution in [0.5, 0.6) is 0 Å². The van der Waals surface area contributed by atoms with Gasteiger partial charge in [-0.25, -0.2) is 0 Å². The molecule has 0 radical (unpaired) electrons. The Labute approximate surface area is 388 Å². The van der Waals surface area contributed by atoms with Crippen LogP contribution in [0, 0.1) is 0 Å². The lowest BCUT2D eigenvalue weighted by Gasteiger charge is -2.30. The molecule has 2 aromatic heterocycles. The van der Waals surface area contributed by atoms with Gasteiger partial charge >= 0.3 is 0 Å². The van der Waals surface area contributed by atoms with Crippen LogP contribution in [-0.4, -0.2) is 4.57 Å². The molecule has 67 heavy (non-hydrogen) atoms. The number of rotatable bonds is 8. The van der Waals surface area contributed by atoms with Crippen LogP contribution in [-0.2, 0) is 0 Å². The summed E-state index contributed by atoms with van der Waals surface area (Å²) in [5, 5.41) is 7.00. The third-order valence-corrected chi connectivity index (χ3v) is 13.4. The van der Waals surface area contributed by atoms with Gasteiger partial charge in [0.25, 0.3) is 0 Å². The van der Waals surface area contributed by atoms with E-state index in [1.807, 2.05) is 0 Å². The van der Waals surface area contributed by atoms with E-state index in [2.05, 4.69) is 264 Å². The highest BCUT2D eigenvalue weighted by atomic mass is 16.3. The highest BCUT2D eigenvalue weighted by Crippen LogP contribution is 2.48. The number of para-hydroxylation sites is 4. The summed E-state index contributed by atoms with van der Waals surface area (Å²) in [6, 6.07) is 91.9. The lowest BCUT2D eigenvalue weighted by molar-refractivity contribution is 0.674. The Morgan fingerprint density at radius 2 is 0.836 bits per heavy atom. The van der Waals surface area contributed by atoms with Crippen LogP contribution in [0.25, 0.3) is 105 Å². The van der Waals surface area contributed by atoms with Crippen molar-refractivity contribution < 1.29 is 4.42 Å². The summed E-state index contributed by atoms with van der Waals surface area (Å²) in [5.41, 5.74) is 17.5. The van der Waals surface area contributed by atoms with E-state index in [1.54, 1.807) is 0 Å². The minimum Gasteiger partial charge on any atom is -0.455 e. The molecule has 314 valence electrons. The molecule has 0 aliphatic rings. The minimum atomic E-state index is 0.877. The van der Waals surface area contributed by atoms with E-state index in [4.69, 9.17) is 4.42 Å². The Bertz CT molecular complexity index is 3920. The molecule has 0 aliphatic carbocycles. The van der Waals surface area contributed by atoms with Crippen molar-refractivity contribution in [3.05, 3.63) is 255 Å². The molecule has 3 nitrogen and oxygen atoms in total. The van der Waals surface area contributed by atoms with E-state index in [9.17, 15) is 0 Å². The number of fused-ring (bicyclic) bond motifs is 8. The van der Waals surface area contributed by atoms with Crippen molar-refractivity contribution in [1.29, 1.82) is 0 Å². The zero-order valence-corrected chi connectivity index (χ0v) is 36.6. The zero-order valence-electron chi connectivity index (χ0n) is 36.6. The molecule has 0 unspecified atom stereocenters. The van der Waals surface area contributed by atoms with Crippen molar-refractivity contribution >= 4 is 71.6 Å². The van der Waals surface area contributed by atoms with Gasteiger partial charge in [0.1, 0.15) is 11.2 Å². The molecule has 0 fully saturated rings. The van der Waals surface area contributed by atoms with Crippen molar-refractivity contribution in [2.45, 2.75) is 0 Å². The molecule has 0 amide bonds. The second-order valence-electron chi connectivity index (χ2n) is 17.2. The monoisotopic (exact) mass is 854 g/mol. The molecule has 2 heterocycles. The predicted molar refractivity (Wildman–Crippen MR) is 282 cm³/mol. The quantitative estimate of drug-likeness (QED) is 0.152. The number of nitrogens with zero attached hydrogens (tertiary/aromatic N) is 2. The van der Waals surface area contributed by atoms with Gasteiger partial charge in [0, 0.05) is 55.0 Å². The lowest BCUT2D eigenvalue weighted by atomic mass is 9.94. The van der Waals surface area contributed by atoms with E-state index in [1.165, 1.54) is 27.4 Å². The summed E-state index contributed by atoms with van der Waals surface area (Å²) in [6.07, 6.45) is 0. The van der Waals surface area contributed by atoms with Crippen molar-refractivity contribution in [3.63, 3.8) is 0 Å². The van der Waals surface area contributed by atoms with E-state index in [-0.39, 0.29) is 0 Å². The minimum absolute atomic E-state index is 0.877. The van der Waals surface area contributed by atoms with E-state index < -0.39 is 0 Å². The van der Waals surface area contributed by atoms with Gasteiger partial charge in [-0.2, -0.15) is 0 Å². The molecular weight excluding hydrogens is 813 g/mol. The molecule has 3 heteroatoms. The first-order valence-electron chi connectivity index (χ1n) is 22.9. The first-order valence-corrected chi connectivity index (χ1v) is 22.9. The maximum atomic E-state index is 6.98. The SMILES string of the molecule is c1ccc(-c2ccc(N(c3ccc(-c4cccc(-n5c6ccccc6c6ccccc65)c4)cc3)c3ccccc3-c3cccc4c3oc3c5ccccc5ccc43)c(-c3ccccc3)c2)cc1. The Morgan fingerprint density at radius 1 is 0.299 bits per heavy atom. The van der Waals surface area contributed by atoms with Gasteiger partial charge in [-0.15, -0.1) is 0 Å². The smallest absolute Gasteiger partial charge is 0.143 e. The number of benzene rings is 11. The summed E-state index contributed by atoms with van der Waals surface area (Å²) >= 11 is 0. The van der Waals surface area contributed by atoms with Gasteiger partial charge in [0.2, 0.25) is 0 Å². The van der Waals surface area contributed by atoms with Gasteiger partial charge in [-0.3, -0.25) is 0 Å². The largest absolute Gasteiger partial charge is 0.455 e. The molecule has 13 aromatic rings. The molecule has 0 spiro atoms. The topological polar surface area (TPSA) is 21.3 Å². The van der Waals surface area contributed by atoms with Crippen molar-refractivity contribution in [3.8, 4) is 50.2 Å². The molecular formula is C64H42N2O. The van der Waals surface area contributed by atoms with E-state index in [0.717, 1.165) is 94.4 Å². The number of hydrogen-bond donors (Lipinski definition) is 0. The van der Waals surface area contributed by atoms with Gasteiger partial charge in [-0.05, 0) is 93.9 Å². The van der Waals surface area contributed by atoms with Crippen LogP contribution in [0.3, 0.4) is 0 Å². The highest BCUT2D eigenvalue weighted by Gasteiger charge is 2.24. The number of aromatic nitrogens is 1. The van der Waals surface area contributed by atoms with Crippen LogP contribution >= 0.6 is 0 Å².